The van der Waals surface area contributed by atoms with Gasteiger partial charge >= 0.3 is 17.9 Å². The van der Waals surface area contributed by atoms with Crippen molar-refractivity contribution in [1.82, 2.24) is 0 Å². The second kappa shape index (κ2) is 53.2. The van der Waals surface area contributed by atoms with Gasteiger partial charge in [0.05, 0.1) is 0 Å². The van der Waals surface area contributed by atoms with Gasteiger partial charge in [-0.05, 0) is 89.9 Å². The van der Waals surface area contributed by atoms with Gasteiger partial charge in [-0.2, -0.15) is 0 Å². The Morgan fingerprint density at radius 2 is 0.615 bits per heavy atom. The number of hydrogen-bond donors (Lipinski definition) is 0. The number of unbranched alkanes of at least 4 members (excludes halogenated alkanes) is 23. The Kier molecular flexibility index (Phi) is 50.4. The standard InChI is InChI=1S/C59H100O6/c1-4-7-10-13-16-19-21-22-23-24-25-26-27-28-29-30-31-32-33-34-35-36-38-40-43-46-49-52-58(61)64-55-56(54-63-57(60)51-48-45-42-39-18-15-12-9-6-3)65-59(62)53-50-47-44-41-37-20-17-14-11-8-5-2/h7,10,14,16-17,19,22-23,25-26,28-29,31-32,56H,4-6,8-9,11-13,15,18,20-21,24,27,30,33-55H2,1-3H3/b10-7-,17-14-,19-16-,23-22-,26-25-,29-28-,32-31-. The summed E-state index contributed by atoms with van der Waals surface area (Å²) >= 11 is 0. The van der Waals surface area contributed by atoms with Crippen molar-refractivity contribution in [2.75, 3.05) is 13.2 Å². The highest BCUT2D eigenvalue weighted by Crippen LogP contribution is 2.14. The van der Waals surface area contributed by atoms with E-state index in [-0.39, 0.29) is 31.1 Å². The van der Waals surface area contributed by atoms with E-state index < -0.39 is 6.10 Å². The van der Waals surface area contributed by atoms with Crippen LogP contribution in [-0.4, -0.2) is 37.2 Å². The molecule has 0 radical (unpaired) electrons. The van der Waals surface area contributed by atoms with E-state index in [0.717, 1.165) is 116 Å². The lowest BCUT2D eigenvalue weighted by Gasteiger charge is -2.18. The molecule has 65 heavy (non-hydrogen) atoms. The van der Waals surface area contributed by atoms with Gasteiger partial charge in [0, 0.05) is 19.3 Å². The number of carbonyl (C=O) groups is 3. The topological polar surface area (TPSA) is 78.9 Å². The predicted octanol–water partition coefficient (Wildman–Crippen LogP) is 18.0. The first-order chi connectivity index (χ1) is 32.0. The quantitative estimate of drug-likeness (QED) is 0.0262. The fraction of sp³-hybridized carbons (Fsp3) is 0.712. The summed E-state index contributed by atoms with van der Waals surface area (Å²) in [4.78, 5) is 37.9. The Labute approximate surface area is 401 Å². The van der Waals surface area contributed by atoms with Crippen molar-refractivity contribution in [1.29, 1.82) is 0 Å². The van der Waals surface area contributed by atoms with E-state index >= 15 is 0 Å². The maximum absolute atomic E-state index is 12.7. The van der Waals surface area contributed by atoms with Gasteiger partial charge in [-0.3, -0.25) is 14.4 Å². The highest BCUT2D eigenvalue weighted by atomic mass is 16.6. The molecule has 372 valence electrons. The summed E-state index contributed by atoms with van der Waals surface area (Å²) in [6.45, 7) is 6.45. The summed E-state index contributed by atoms with van der Waals surface area (Å²) < 4.78 is 16.7. The maximum atomic E-state index is 12.7. The van der Waals surface area contributed by atoms with Crippen molar-refractivity contribution >= 4 is 17.9 Å². The molecule has 0 saturated carbocycles. The fourth-order valence-electron chi connectivity index (χ4n) is 7.31. The smallest absolute Gasteiger partial charge is 0.306 e. The fourth-order valence-corrected chi connectivity index (χ4v) is 7.31. The summed E-state index contributed by atoms with van der Waals surface area (Å²) in [6.07, 6.45) is 68.7. The first-order valence-electron chi connectivity index (χ1n) is 27.1. The lowest BCUT2D eigenvalue weighted by atomic mass is 10.1. The van der Waals surface area contributed by atoms with Crippen LogP contribution in [0, 0.1) is 0 Å². The molecule has 0 aromatic carbocycles. The summed E-state index contributed by atoms with van der Waals surface area (Å²) in [5.41, 5.74) is 0. The zero-order valence-corrected chi connectivity index (χ0v) is 42.5. The molecule has 0 aromatic heterocycles. The van der Waals surface area contributed by atoms with Crippen LogP contribution in [0.3, 0.4) is 0 Å². The number of rotatable bonds is 48. The molecule has 0 fully saturated rings. The van der Waals surface area contributed by atoms with E-state index in [1.54, 1.807) is 0 Å². The lowest BCUT2D eigenvalue weighted by molar-refractivity contribution is -0.167. The summed E-state index contributed by atoms with van der Waals surface area (Å²) in [6, 6.07) is 0. The van der Waals surface area contributed by atoms with Crippen LogP contribution in [0.25, 0.3) is 0 Å². The Bertz CT molecular complexity index is 1270. The molecule has 6 heteroatoms. The van der Waals surface area contributed by atoms with E-state index in [2.05, 4.69) is 106 Å². The zero-order chi connectivity index (χ0) is 47.2. The third kappa shape index (κ3) is 51.4. The molecular formula is C59H100O6. The van der Waals surface area contributed by atoms with E-state index in [1.165, 1.54) is 96.3 Å². The van der Waals surface area contributed by atoms with Crippen LogP contribution < -0.4 is 0 Å². The highest BCUT2D eigenvalue weighted by Gasteiger charge is 2.19. The van der Waals surface area contributed by atoms with Crippen molar-refractivity contribution in [2.45, 2.75) is 258 Å². The third-order valence-corrected chi connectivity index (χ3v) is 11.4. The van der Waals surface area contributed by atoms with E-state index in [1.807, 2.05) is 0 Å². The summed E-state index contributed by atoms with van der Waals surface area (Å²) in [5.74, 6) is -0.902. The molecule has 0 aromatic rings. The number of carbonyl (C=O) groups excluding carboxylic acids is 3. The summed E-state index contributed by atoms with van der Waals surface area (Å²) in [7, 11) is 0. The first kappa shape index (κ1) is 61.6. The van der Waals surface area contributed by atoms with Crippen LogP contribution in [0.15, 0.2) is 85.1 Å². The molecule has 0 N–H and O–H groups in total. The van der Waals surface area contributed by atoms with E-state index in [4.69, 9.17) is 14.2 Å². The Balaban J connectivity index is 4.20. The minimum absolute atomic E-state index is 0.0809. The second-order valence-electron chi connectivity index (χ2n) is 17.8. The van der Waals surface area contributed by atoms with Gasteiger partial charge in [0.15, 0.2) is 6.10 Å². The van der Waals surface area contributed by atoms with Gasteiger partial charge in [0.25, 0.3) is 0 Å². The molecule has 0 spiro atoms. The van der Waals surface area contributed by atoms with Crippen LogP contribution in [-0.2, 0) is 28.6 Å². The van der Waals surface area contributed by atoms with Crippen molar-refractivity contribution in [3.05, 3.63) is 85.1 Å². The minimum Gasteiger partial charge on any atom is -0.462 e. The van der Waals surface area contributed by atoms with Crippen molar-refractivity contribution in [3.63, 3.8) is 0 Å². The highest BCUT2D eigenvalue weighted by molar-refractivity contribution is 5.71. The largest absolute Gasteiger partial charge is 0.462 e. The van der Waals surface area contributed by atoms with Crippen molar-refractivity contribution in [2.24, 2.45) is 0 Å². The Hall–Kier alpha value is -3.41. The van der Waals surface area contributed by atoms with Crippen molar-refractivity contribution in [3.8, 4) is 0 Å². The Morgan fingerprint density at radius 3 is 1.00 bits per heavy atom. The van der Waals surface area contributed by atoms with Gasteiger partial charge in [-0.1, -0.05) is 228 Å². The molecule has 6 nitrogen and oxygen atoms in total. The Morgan fingerprint density at radius 1 is 0.323 bits per heavy atom. The molecule has 1 atom stereocenters. The lowest BCUT2D eigenvalue weighted by Crippen LogP contribution is -2.30. The molecule has 0 aliphatic heterocycles. The van der Waals surface area contributed by atoms with Crippen LogP contribution in [0.1, 0.15) is 252 Å². The van der Waals surface area contributed by atoms with Gasteiger partial charge < -0.3 is 14.2 Å². The molecule has 0 aliphatic rings. The first-order valence-corrected chi connectivity index (χ1v) is 27.1. The number of esters is 3. The van der Waals surface area contributed by atoms with E-state index in [0.29, 0.717) is 19.3 Å². The third-order valence-electron chi connectivity index (χ3n) is 11.4. The molecule has 0 bridgehead atoms. The van der Waals surface area contributed by atoms with Crippen LogP contribution in [0.2, 0.25) is 0 Å². The summed E-state index contributed by atoms with van der Waals surface area (Å²) in [5, 5.41) is 0. The van der Waals surface area contributed by atoms with Gasteiger partial charge in [0.2, 0.25) is 0 Å². The SMILES string of the molecule is CC/C=C\C/C=C\C/C=C\C/C=C\C/C=C\C/C=C\CCCCCCCCCCC(=O)OCC(COC(=O)CCCCCCCCCCC)OC(=O)CCCCCCC/C=C\CCCC. The van der Waals surface area contributed by atoms with Crippen LogP contribution >= 0.6 is 0 Å². The second-order valence-corrected chi connectivity index (χ2v) is 17.8. The molecule has 0 saturated heterocycles. The molecule has 1 unspecified atom stereocenters. The molecule has 0 rings (SSSR count). The average Bonchev–Trinajstić information content (AvgIpc) is 3.30. The van der Waals surface area contributed by atoms with Gasteiger partial charge in [-0.25, -0.2) is 0 Å². The monoisotopic (exact) mass is 905 g/mol. The molecule has 0 aliphatic carbocycles. The van der Waals surface area contributed by atoms with Crippen LogP contribution in [0.5, 0.6) is 0 Å². The predicted molar refractivity (Wildman–Crippen MR) is 279 cm³/mol. The molecule has 0 amide bonds. The molecular weight excluding hydrogens is 805 g/mol. The minimum atomic E-state index is -0.780. The zero-order valence-electron chi connectivity index (χ0n) is 42.5. The average molecular weight is 905 g/mol. The van der Waals surface area contributed by atoms with Crippen molar-refractivity contribution < 1.29 is 28.6 Å². The van der Waals surface area contributed by atoms with Gasteiger partial charge in [-0.15, -0.1) is 0 Å². The number of hydrogen-bond acceptors (Lipinski definition) is 6. The molecule has 0 heterocycles. The number of allylic oxidation sites excluding steroid dienone is 14. The van der Waals surface area contributed by atoms with E-state index in [9.17, 15) is 14.4 Å². The maximum Gasteiger partial charge on any atom is 0.306 e. The van der Waals surface area contributed by atoms with Gasteiger partial charge in [0.1, 0.15) is 13.2 Å². The van der Waals surface area contributed by atoms with Crippen LogP contribution in [0.4, 0.5) is 0 Å². The normalized spacial score (nSPS) is 12.7. The number of ether oxygens (including phenoxy) is 3.